The molecule has 0 unspecified atom stereocenters. The maximum absolute atomic E-state index is 9.15. The maximum atomic E-state index is 9.15. The van der Waals surface area contributed by atoms with E-state index in [9.17, 15) is 0 Å². The molecule has 17 heavy (non-hydrogen) atoms. The van der Waals surface area contributed by atoms with Gasteiger partial charge in [0.15, 0.2) is 0 Å². The van der Waals surface area contributed by atoms with Crippen LogP contribution in [0.15, 0.2) is 36.7 Å². The van der Waals surface area contributed by atoms with Gasteiger partial charge < -0.3 is 14.4 Å². The van der Waals surface area contributed by atoms with Gasteiger partial charge in [-0.1, -0.05) is 0 Å². The third kappa shape index (κ3) is 2.78. The van der Waals surface area contributed by atoms with E-state index in [4.69, 9.17) is 9.84 Å². The van der Waals surface area contributed by atoms with Gasteiger partial charge in [0.05, 0.1) is 0 Å². The fourth-order valence-corrected chi connectivity index (χ4v) is 1.62. The van der Waals surface area contributed by atoms with Crippen molar-refractivity contribution in [2.24, 2.45) is 0 Å². The highest BCUT2D eigenvalue weighted by Crippen LogP contribution is 2.17. The molecule has 1 aromatic carbocycles. The molecule has 0 aliphatic heterocycles. The first-order valence-electron chi connectivity index (χ1n) is 5.60. The van der Waals surface area contributed by atoms with Crippen LogP contribution in [0.25, 0.3) is 0 Å². The van der Waals surface area contributed by atoms with E-state index in [0.29, 0.717) is 12.6 Å². The molecule has 2 aromatic rings. The first-order valence-corrected chi connectivity index (χ1v) is 5.60. The van der Waals surface area contributed by atoms with Crippen LogP contribution in [0.2, 0.25) is 0 Å². The number of rotatable bonds is 4. The minimum Gasteiger partial charge on any atom is -0.508 e. The van der Waals surface area contributed by atoms with Gasteiger partial charge in [-0.05, 0) is 38.1 Å². The van der Waals surface area contributed by atoms with Crippen molar-refractivity contribution in [2.45, 2.75) is 26.5 Å². The third-order valence-electron chi connectivity index (χ3n) is 2.51. The summed E-state index contributed by atoms with van der Waals surface area (Å²) in [5.41, 5.74) is 0. The van der Waals surface area contributed by atoms with Crippen LogP contribution in [-0.4, -0.2) is 14.7 Å². The molecule has 4 nitrogen and oxygen atoms in total. The van der Waals surface area contributed by atoms with Crippen molar-refractivity contribution < 1.29 is 9.84 Å². The molecule has 0 atom stereocenters. The molecule has 0 spiro atoms. The van der Waals surface area contributed by atoms with Gasteiger partial charge in [-0.3, -0.25) is 0 Å². The van der Waals surface area contributed by atoms with Gasteiger partial charge in [0.25, 0.3) is 0 Å². The number of phenols is 1. The molecule has 0 amide bonds. The Bertz CT molecular complexity index is 474. The predicted octanol–water partition coefficient (Wildman–Crippen LogP) is 2.75. The molecule has 4 heteroatoms. The van der Waals surface area contributed by atoms with E-state index in [-0.39, 0.29) is 5.75 Å². The molecule has 0 bridgehead atoms. The fourth-order valence-electron chi connectivity index (χ4n) is 1.62. The van der Waals surface area contributed by atoms with Crippen molar-refractivity contribution in [2.75, 3.05) is 0 Å². The minimum absolute atomic E-state index is 0.237. The van der Waals surface area contributed by atoms with Gasteiger partial charge in [-0.25, -0.2) is 4.98 Å². The van der Waals surface area contributed by atoms with Crippen LogP contribution in [0, 0.1) is 0 Å². The summed E-state index contributed by atoms with van der Waals surface area (Å²) in [7, 11) is 0. The maximum Gasteiger partial charge on any atom is 0.146 e. The molecule has 0 aliphatic carbocycles. The Balaban J connectivity index is 2.02. The van der Waals surface area contributed by atoms with Crippen LogP contribution < -0.4 is 4.74 Å². The van der Waals surface area contributed by atoms with E-state index in [1.54, 1.807) is 30.5 Å². The zero-order valence-corrected chi connectivity index (χ0v) is 10.00. The Morgan fingerprint density at radius 1 is 1.29 bits per heavy atom. The second-order valence-corrected chi connectivity index (χ2v) is 4.13. The number of aromatic hydroxyl groups is 1. The topological polar surface area (TPSA) is 47.3 Å². The van der Waals surface area contributed by atoms with Gasteiger partial charge >= 0.3 is 0 Å². The summed E-state index contributed by atoms with van der Waals surface area (Å²) in [6.07, 6.45) is 3.72. The van der Waals surface area contributed by atoms with Gasteiger partial charge in [0.1, 0.15) is 23.9 Å². The summed E-state index contributed by atoms with van der Waals surface area (Å²) in [6.45, 7) is 4.63. The van der Waals surface area contributed by atoms with Crippen LogP contribution in [0.5, 0.6) is 11.5 Å². The molecule has 0 saturated carbocycles. The SMILES string of the molecule is CC(C)n1ccnc1COc1ccc(O)cc1. The zero-order valence-electron chi connectivity index (χ0n) is 10.00. The molecular formula is C13H16N2O2. The molecule has 0 fully saturated rings. The van der Waals surface area contributed by atoms with Crippen LogP contribution in [0.4, 0.5) is 0 Å². The fraction of sp³-hybridized carbons (Fsp3) is 0.308. The lowest BCUT2D eigenvalue weighted by Gasteiger charge is -2.12. The lowest BCUT2D eigenvalue weighted by atomic mass is 10.3. The number of imidazole rings is 1. The van der Waals surface area contributed by atoms with Crippen LogP contribution in [0.1, 0.15) is 25.7 Å². The smallest absolute Gasteiger partial charge is 0.146 e. The Hall–Kier alpha value is -1.97. The van der Waals surface area contributed by atoms with Gasteiger partial charge in [-0.15, -0.1) is 0 Å². The van der Waals surface area contributed by atoms with E-state index in [0.717, 1.165) is 11.6 Å². The molecule has 1 N–H and O–H groups in total. The summed E-state index contributed by atoms with van der Waals surface area (Å²) in [4.78, 5) is 4.26. The monoisotopic (exact) mass is 232 g/mol. The van der Waals surface area contributed by atoms with Crippen molar-refractivity contribution >= 4 is 0 Å². The lowest BCUT2D eigenvalue weighted by Crippen LogP contribution is -2.08. The Morgan fingerprint density at radius 3 is 2.65 bits per heavy atom. The average Bonchev–Trinajstić information content (AvgIpc) is 2.76. The zero-order chi connectivity index (χ0) is 12.3. The number of aromatic nitrogens is 2. The number of hydrogen-bond acceptors (Lipinski definition) is 3. The van der Waals surface area contributed by atoms with Crippen molar-refractivity contribution in [3.63, 3.8) is 0 Å². The Morgan fingerprint density at radius 2 is 2.00 bits per heavy atom. The third-order valence-corrected chi connectivity index (χ3v) is 2.51. The average molecular weight is 232 g/mol. The minimum atomic E-state index is 0.237. The Kier molecular flexibility index (Phi) is 3.32. The number of benzene rings is 1. The first kappa shape index (κ1) is 11.5. The second kappa shape index (κ2) is 4.91. The number of ether oxygens (including phenoxy) is 1. The highest BCUT2D eigenvalue weighted by atomic mass is 16.5. The first-order chi connectivity index (χ1) is 8.16. The van der Waals surface area contributed by atoms with E-state index < -0.39 is 0 Å². The molecule has 2 rings (SSSR count). The van der Waals surface area contributed by atoms with Crippen LogP contribution >= 0.6 is 0 Å². The quantitative estimate of drug-likeness (QED) is 0.881. The lowest BCUT2D eigenvalue weighted by molar-refractivity contribution is 0.286. The molecular weight excluding hydrogens is 216 g/mol. The van der Waals surface area contributed by atoms with E-state index in [1.807, 2.05) is 6.20 Å². The number of nitrogens with zero attached hydrogens (tertiary/aromatic N) is 2. The largest absolute Gasteiger partial charge is 0.508 e. The normalized spacial score (nSPS) is 10.8. The summed E-state index contributed by atoms with van der Waals surface area (Å²) in [5, 5.41) is 9.15. The van der Waals surface area contributed by atoms with Crippen molar-refractivity contribution in [1.29, 1.82) is 0 Å². The molecule has 0 aliphatic rings. The number of phenolic OH excluding ortho intramolecular Hbond substituents is 1. The summed E-state index contributed by atoms with van der Waals surface area (Å²) >= 11 is 0. The van der Waals surface area contributed by atoms with Crippen molar-refractivity contribution in [3.05, 3.63) is 42.5 Å². The Labute approximate surface area is 100 Å². The van der Waals surface area contributed by atoms with E-state index in [1.165, 1.54) is 0 Å². The van der Waals surface area contributed by atoms with Gasteiger partial charge in [0.2, 0.25) is 0 Å². The molecule has 0 saturated heterocycles. The molecule has 0 radical (unpaired) electrons. The van der Waals surface area contributed by atoms with Gasteiger partial charge in [-0.2, -0.15) is 0 Å². The molecule has 1 aromatic heterocycles. The van der Waals surface area contributed by atoms with Crippen molar-refractivity contribution in [1.82, 2.24) is 9.55 Å². The van der Waals surface area contributed by atoms with E-state index in [2.05, 4.69) is 23.4 Å². The number of hydrogen-bond donors (Lipinski definition) is 1. The highest BCUT2D eigenvalue weighted by Gasteiger charge is 2.06. The van der Waals surface area contributed by atoms with Crippen molar-refractivity contribution in [3.8, 4) is 11.5 Å². The highest BCUT2D eigenvalue weighted by molar-refractivity contribution is 5.30. The van der Waals surface area contributed by atoms with Gasteiger partial charge in [0, 0.05) is 18.4 Å². The van der Waals surface area contributed by atoms with E-state index >= 15 is 0 Å². The summed E-state index contributed by atoms with van der Waals surface area (Å²) < 4.78 is 7.67. The molecule has 90 valence electrons. The predicted molar refractivity (Wildman–Crippen MR) is 65.1 cm³/mol. The summed E-state index contributed by atoms with van der Waals surface area (Å²) in [6, 6.07) is 7.04. The van der Waals surface area contributed by atoms with Crippen LogP contribution in [0.3, 0.4) is 0 Å². The summed E-state index contributed by atoms with van der Waals surface area (Å²) in [5.74, 6) is 1.86. The molecule has 1 heterocycles. The standard InChI is InChI=1S/C13H16N2O2/c1-10(2)15-8-7-14-13(15)9-17-12-5-3-11(16)4-6-12/h3-8,10,16H,9H2,1-2H3. The van der Waals surface area contributed by atoms with Crippen LogP contribution in [-0.2, 0) is 6.61 Å². The second-order valence-electron chi connectivity index (χ2n) is 4.13.